The zero-order valence-electron chi connectivity index (χ0n) is 10.6. The lowest BCUT2D eigenvalue weighted by atomic mass is 9.96. The van der Waals surface area contributed by atoms with Crippen molar-refractivity contribution >= 4 is 17.7 Å². The second-order valence-electron chi connectivity index (χ2n) is 4.79. The monoisotopic (exact) mass is 253 g/mol. The molecule has 0 aromatic carbocycles. The van der Waals surface area contributed by atoms with Crippen LogP contribution in [-0.2, 0) is 14.4 Å². The van der Waals surface area contributed by atoms with Crippen LogP contribution < -0.4 is 10.6 Å². The van der Waals surface area contributed by atoms with Crippen LogP contribution >= 0.6 is 0 Å². The second kappa shape index (κ2) is 5.37. The molecule has 2 N–H and O–H groups in total. The summed E-state index contributed by atoms with van der Waals surface area (Å²) in [5, 5.41) is 5.48. The highest BCUT2D eigenvalue weighted by molar-refractivity contribution is 5.90. The van der Waals surface area contributed by atoms with Crippen molar-refractivity contribution in [3.05, 3.63) is 0 Å². The molecule has 100 valence electrons. The maximum Gasteiger partial charge on any atom is 0.242 e. The van der Waals surface area contributed by atoms with Crippen LogP contribution in [0, 0.1) is 5.92 Å². The van der Waals surface area contributed by atoms with E-state index in [4.69, 9.17) is 0 Å². The van der Waals surface area contributed by atoms with Crippen molar-refractivity contribution in [3.63, 3.8) is 0 Å². The molecule has 2 atom stereocenters. The lowest BCUT2D eigenvalue weighted by Crippen LogP contribution is -2.59. The van der Waals surface area contributed by atoms with Gasteiger partial charge in [0, 0.05) is 26.1 Å². The van der Waals surface area contributed by atoms with Crippen molar-refractivity contribution in [1.82, 2.24) is 15.5 Å². The summed E-state index contributed by atoms with van der Waals surface area (Å²) in [5.41, 5.74) is 0. The van der Waals surface area contributed by atoms with E-state index in [1.165, 1.54) is 0 Å². The van der Waals surface area contributed by atoms with Gasteiger partial charge in [-0.15, -0.1) is 0 Å². The molecule has 18 heavy (non-hydrogen) atoms. The number of nitrogens with zero attached hydrogens (tertiary/aromatic N) is 1. The molecule has 0 aliphatic carbocycles. The summed E-state index contributed by atoms with van der Waals surface area (Å²) in [6.45, 7) is 3.37. The molecule has 0 saturated carbocycles. The molecule has 2 rings (SSSR count). The summed E-state index contributed by atoms with van der Waals surface area (Å²) >= 11 is 0. The molecule has 2 aliphatic heterocycles. The van der Waals surface area contributed by atoms with Crippen LogP contribution in [0.3, 0.4) is 0 Å². The minimum atomic E-state index is -0.358. The number of carbonyl (C=O) groups is 3. The van der Waals surface area contributed by atoms with Crippen LogP contribution in [0.5, 0.6) is 0 Å². The van der Waals surface area contributed by atoms with Crippen molar-refractivity contribution in [1.29, 1.82) is 0 Å². The Labute approximate surface area is 106 Å². The van der Waals surface area contributed by atoms with E-state index < -0.39 is 0 Å². The highest BCUT2D eigenvalue weighted by atomic mass is 16.2. The summed E-state index contributed by atoms with van der Waals surface area (Å²) < 4.78 is 0. The summed E-state index contributed by atoms with van der Waals surface area (Å²) in [7, 11) is 0. The van der Waals surface area contributed by atoms with Gasteiger partial charge in [0.25, 0.3) is 0 Å². The molecule has 6 nitrogen and oxygen atoms in total. The van der Waals surface area contributed by atoms with Gasteiger partial charge in [0.15, 0.2) is 0 Å². The first-order valence-corrected chi connectivity index (χ1v) is 6.48. The molecule has 3 amide bonds. The molecule has 0 radical (unpaired) electrons. The Balaban J connectivity index is 2.02. The Kier molecular flexibility index (Phi) is 3.84. The Hall–Kier alpha value is -1.59. The maximum absolute atomic E-state index is 12.4. The SMILES string of the molecule is CCC1C(=O)NCCN1C(=O)C1CCC(=O)NC1. The van der Waals surface area contributed by atoms with Crippen molar-refractivity contribution in [2.24, 2.45) is 5.92 Å². The molecule has 2 fully saturated rings. The first-order chi connectivity index (χ1) is 8.63. The molecular formula is C12H19N3O3. The number of carbonyl (C=O) groups excluding carboxylic acids is 3. The van der Waals surface area contributed by atoms with Gasteiger partial charge in [0.05, 0.1) is 5.92 Å². The number of nitrogens with one attached hydrogen (secondary N) is 2. The fourth-order valence-corrected chi connectivity index (χ4v) is 2.56. The van der Waals surface area contributed by atoms with E-state index in [0.29, 0.717) is 38.9 Å². The smallest absolute Gasteiger partial charge is 0.242 e. The highest BCUT2D eigenvalue weighted by Crippen LogP contribution is 2.18. The number of amides is 3. The molecule has 0 bridgehead atoms. The van der Waals surface area contributed by atoms with Crippen molar-refractivity contribution < 1.29 is 14.4 Å². The van der Waals surface area contributed by atoms with E-state index >= 15 is 0 Å². The predicted molar refractivity (Wildman–Crippen MR) is 64.5 cm³/mol. The molecular weight excluding hydrogens is 234 g/mol. The third kappa shape index (κ3) is 2.47. The number of rotatable bonds is 2. The summed E-state index contributed by atoms with van der Waals surface area (Å²) in [4.78, 5) is 36.8. The van der Waals surface area contributed by atoms with E-state index in [1.54, 1.807) is 4.90 Å². The molecule has 2 aliphatic rings. The first kappa shape index (κ1) is 12.9. The number of piperazine rings is 1. The largest absolute Gasteiger partial charge is 0.355 e. The van der Waals surface area contributed by atoms with Gasteiger partial charge in [-0.1, -0.05) is 6.92 Å². The van der Waals surface area contributed by atoms with Gasteiger partial charge >= 0.3 is 0 Å². The third-order valence-corrected chi connectivity index (χ3v) is 3.62. The Morgan fingerprint density at radius 1 is 1.39 bits per heavy atom. The van der Waals surface area contributed by atoms with Crippen LogP contribution in [0.2, 0.25) is 0 Å². The average molecular weight is 253 g/mol. The van der Waals surface area contributed by atoms with E-state index in [0.717, 1.165) is 0 Å². The zero-order valence-corrected chi connectivity index (χ0v) is 10.6. The Bertz CT molecular complexity index is 360. The van der Waals surface area contributed by atoms with E-state index in [2.05, 4.69) is 10.6 Å². The van der Waals surface area contributed by atoms with Gasteiger partial charge < -0.3 is 15.5 Å². The first-order valence-electron chi connectivity index (χ1n) is 6.48. The van der Waals surface area contributed by atoms with E-state index in [9.17, 15) is 14.4 Å². The van der Waals surface area contributed by atoms with Crippen LogP contribution in [0.15, 0.2) is 0 Å². The highest BCUT2D eigenvalue weighted by Gasteiger charge is 2.36. The van der Waals surface area contributed by atoms with Crippen molar-refractivity contribution in [3.8, 4) is 0 Å². The van der Waals surface area contributed by atoms with Crippen LogP contribution in [0.4, 0.5) is 0 Å². The fourth-order valence-electron chi connectivity index (χ4n) is 2.56. The third-order valence-electron chi connectivity index (χ3n) is 3.62. The van der Waals surface area contributed by atoms with Crippen LogP contribution in [0.25, 0.3) is 0 Å². The van der Waals surface area contributed by atoms with Gasteiger partial charge in [0.1, 0.15) is 6.04 Å². The minimum Gasteiger partial charge on any atom is -0.355 e. The number of piperidine rings is 1. The predicted octanol–water partition coefficient (Wildman–Crippen LogP) is -0.750. The van der Waals surface area contributed by atoms with Gasteiger partial charge in [0.2, 0.25) is 17.7 Å². The Morgan fingerprint density at radius 2 is 2.17 bits per heavy atom. The Morgan fingerprint density at radius 3 is 2.78 bits per heavy atom. The van der Waals surface area contributed by atoms with Gasteiger partial charge in [-0.2, -0.15) is 0 Å². The molecule has 0 spiro atoms. The molecule has 0 aromatic heterocycles. The van der Waals surface area contributed by atoms with Crippen LogP contribution in [0.1, 0.15) is 26.2 Å². The summed E-state index contributed by atoms with van der Waals surface area (Å²) in [5.74, 6) is -0.251. The summed E-state index contributed by atoms with van der Waals surface area (Å²) in [6, 6.07) is -0.358. The topological polar surface area (TPSA) is 78.5 Å². The molecule has 2 saturated heterocycles. The van der Waals surface area contributed by atoms with Crippen molar-refractivity contribution in [2.45, 2.75) is 32.2 Å². The molecule has 0 aromatic rings. The van der Waals surface area contributed by atoms with Crippen LogP contribution in [-0.4, -0.2) is 48.3 Å². The second-order valence-corrected chi connectivity index (χ2v) is 4.79. The molecule has 2 unspecified atom stereocenters. The standard InChI is InChI=1S/C12H19N3O3/c1-2-9-11(17)13-5-6-15(9)12(18)8-3-4-10(16)14-7-8/h8-9H,2-7H2,1H3,(H,13,17)(H,14,16). The lowest BCUT2D eigenvalue weighted by Gasteiger charge is -2.37. The van der Waals surface area contributed by atoms with E-state index in [-0.39, 0.29) is 29.7 Å². The van der Waals surface area contributed by atoms with Crippen molar-refractivity contribution in [2.75, 3.05) is 19.6 Å². The fraction of sp³-hybridized carbons (Fsp3) is 0.750. The minimum absolute atomic E-state index is 0.00230. The quantitative estimate of drug-likeness (QED) is 0.679. The number of hydrogen-bond acceptors (Lipinski definition) is 3. The van der Waals surface area contributed by atoms with Gasteiger partial charge in [-0.3, -0.25) is 14.4 Å². The van der Waals surface area contributed by atoms with Gasteiger partial charge in [-0.25, -0.2) is 0 Å². The molecule has 6 heteroatoms. The molecule has 2 heterocycles. The average Bonchev–Trinajstić information content (AvgIpc) is 2.38. The normalized spacial score (nSPS) is 28.6. The maximum atomic E-state index is 12.4. The zero-order chi connectivity index (χ0) is 13.1. The summed E-state index contributed by atoms with van der Waals surface area (Å²) in [6.07, 6.45) is 1.60. The van der Waals surface area contributed by atoms with E-state index in [1.807, 2.05) is 6.92 Å². The van der Waals surface area contributed by atoms with Gasteiger partial charge in [-0.05, 0) is 12.8 Å². The lowest BCUT2D eigenvalue weighted by molar-refractivity contribution is -0.147. The number of hydrogen-bond donors (Lipinski definition) is 2.